The van der Waals surface area contributed by atoms with Crippen molar-refractivity contribution in [3.63, 3.8) is 0 Å². The van der Waals surface area contributed by atoms with E-state index in [4.69, 9.17) is 0 Å². The molecule has 0 amide bonds. The number of aromatic nitrogens is 1. The molecule has 0 aliphatic heterocycles. The van der Waals surface area contributed by atoms with Gasteiger partial charge in [-0.25, -0.2) is 0 Å². The minimum absolute atomic E-state index is 0.300. The predicted molar refractivity (Wildman–Crippen MR) is 52.3 cm³/mol. The Kier molecular flexibility index (Phi) is 1.61. The molecule has 0 unspecified atom stereocenters. The van der Waals surface area contributed by atoms with E-state index < -0.39 is 0 Å². The zero-order chi connectivity index (χ0) is 8.72. The molecule has 0 bridgehead atoms. The van der Waals surface area contributed by atoms with Crippen molar-refractivity contribution in [3.8, 4) is 5.75 Å². The molecule has 2 aromatic rings. The fraction of sp³-hybridized carbons (Fsp3) is 0.111. The van der Waals surface area contributed by atoms with Gasteiger partial charge in [0.15, 0.2) is 0 Å². The van der Waals surface area contributed by atoms with Crippen LogP contribution >= 0.6 is 15.9 Å². The van der Waals surface area contributed by atoms with Gasteiger partial charge in [0.2, 0.25) is 0 Å². The Bertz CT molecular complexity index is 433. The molecule has 62 valence electrons. The molecule has 2 nitrogen and oxygen atoms in total. The minimum atomic E-state index is 0.300. The van der Waals surface area contributed by atoms with Crippen molar-refractivity contribution < 1.29 is 5.11 Å². The number of hydrogen-bond donors (Lipinski definition) is 1. The molecule has 12 heavy (non-hydrogen) atoms. The van der Waals surface area contributed by atoms with Crippen LogP contribution in [0.1, 0.15) is 0 Å². The quantitative estimate of drug-likeness (QED) is 0.733. The molecule has 1 aromatic carbocycles. The number of aryl methyl sites for hydroxylation is 1. The third-order valence-electron chi connectivity index (χ3n) is 1.92. The Balaban J connectivity index is 2.90. The molecule has 0 radical (unpaired) electrons. The Labute approximate surface area is 78.6 Å². The van der Waals surface area contributed by atoms with Gasteiger partial charge in [-0.05, 0) is 34.1 Å². The summed E-state index contributed by atoms with van der Waals surface area (Å²) in [7, 11) is 1.98. The summed E-state index contributed by atoms with van der Waals surface area (Å²) in [5.41, 5.74) is 1.11. The van der Waals surface area contributed by atoms with Crippen molar-refractivity contribution in [2.45, 2.75) is 0 Å². The van der Waals surface area contributed by atoms with E-state index in [1.165, 1.54) is 0 Å². The van der Waals surface area contributed by atoms with Crippen LogP contribution in [0.4, 0.5) is 0 Å². The first-order chi connectivity index (χ1) is 5.68. The third-order valence-corrected chi connectivity index (χ3v) is 2.56. The number of hydrogen-bond acceptors (Lipinski definition) is 1. The van der Waals surface area contributed by atoms with E-state index in [2.05, 4.69) is 15.9 Å². The Morgan fingerprint density at radius 2 is 2.17 bits per heavy atom. The smallest absolute Gasteiger partial charge is 0.116 e. The largest absolute Gasteiger partial charge is 0.508 e. The highest BCUT2D eigenvalue weighted by molar-refractivity contribution is 9.10. The summed E-state index contributed by atoms with van der Waals surface area (Å²) in [6.07, 6.45) is 1.98. The molecule has 0 saturated heterocycles. The normalized spacial score (nSPS) is 10.8. The summed E-state index contributed by atoms with van der Waals surface area (Å²) in [6.45, 7) is 0. The van der Waals surface area contributed by atoms with Gasteiger partial charge in [-0.15, -0.1) is 0 Å². The topological polar surface area (TPSA) is 25.2 Å². The molecule has 0 spiro atoms. The second kappa shape index (κ2) is 2.52. The van der Waals surface area contributed by atoms with Gasteiger partial charge in [-0.1, -0.05) is 0 Å². The molecule has 1 N–H and O–H groups in total. The molecule has 0 atom stereocenters. The number of nitrogens with zero attached hydrogens (tertiary/aromatic N) is 1. The maximum Gasteiger partial charge on any atom is 0.116 e. The molecule has 3 heteroatoms. The van der Waals surface area contributed by atoms with Crippen molar-refractivity contribution in [1.29, 1.82) is 0 Å². The van der Waals surface area contributed by atoms with Gasteiger partial charge in [0.25, 0.3) is 0 Å². The molecule has 0 saturated carbocycles. The fourth-order valence-corrected chi connectivity index (χ4v) is 1.96. The summed E-state index contributed by atoms with van der Waals surface area (Å²) < 4.78 is 3.02. The first-order valence-corrected chi connectivity index (χ1v) is 4.41. The maximum absolute atomic E-state index is 9.23. The van der Waals surface area contributed by atoms with Crippen LogP contribution in [0.3, 0.4) is 0 Å². The molecule has 1 aromatic heterocycles. The van der Waals surface area contributed by atoms with Crippen LogP contribution in [-0.2, 0) is 7.05 Å². The van der Waals surface area contributed by atoms with Crippen LogP contribution in [-0.4, -0.2) is 9.67 Å². The third kappa shape index (κ3) is 1.01. The average molecular weight is 226 g/mol. The Hall–Kier alpha value is -0.960. The second-order valence-electron chi connectivity index (χ2n) is 2.79. The first kappa shape index (κ1) is 7.68. The van der Waals surface area contributed by atoms with Gasteiger partial charge in [0.1, 0.15) is 5.75 Å². The van der Waals surface area contributed by atoms with Crippen LogP contribution in [0.5, 0.6) is 5.75 Å². The SMILES string of the molecule is Cn1cc(Br)c2cc(O)ccc21. The van der Waals surface area contributed by atoms with Crippen molar-refractivity contribution in [3.05, 3.63) is 28.9 Å². The van der Waals surface area contributed by atoms with Crippen molar-refractivity contribution in [2.75, 3.05) is 0 Å². The molecule has 0 aliphatic rings. The number of rotatable bonds is 0. The molecule has 1 heterocycles. The van der Waals surface area contributed by atoms with E-state index >= 15 is 0 Å². The van der Waals surface area contributed by atoms with Crippen LogP contribution < -0.4 is 0 Å². The zero-order valence-electron chi connectivity index (χ0n) is 6.58. The standard InChI is InChI=1S/C9H8BrNO/c1-11-5-8(10)7-4-6(12)2-3-9(7)11/h2-5,12H,1H3. The zero-order valence-corrected chi connectivity index (χ0v) is 8.17. The van der Waals surface area contributed by atoms with Gasteiger partial charge in [0.05, 0.1) is 0 Å². The number of phenols is 1. The second-order valence-corrected chi connectivity index (χ2v) is 3.64. The summed E-state index contributed by atoms with van der Waals surface area (Å²) in [6, 6.07) is 5.34. The number of benzene rings is 1. The fourth-order valence-electron chi connectivity index (χ4n) is 1.33. The van der Waals surface area contributed by atoms with Gasteiger partial charge in [-0.3, -0.25) is 0 Å². The first-order valence-electron chi connectivity index (χ1n) is 3.62. The van der Waals surface area contributed by atoms with Crippen LogP contribution in [0.2, 0.25) is 0 Å². The van der Waals surface area contributed by atoms with Gasteiger partial charge < -0.3 is 9.67 Å². The van der Waals surface area contributed by atoms with Gasteiger partial charge in [0, 0.05) is 28.6 Å². The summed E-state index contributed by atoms with van der Waals surface area (Å²) in [5.74, 6) is 0.300. The van der Waals surface area contributed by atoms with Gasteiger partial charge >= 0.3 is 0 Å². The van der Waals surface area contributed by atoms with Crippen LogP contribution in [0.25, 0.3) is 10.9 Å². The Morgan fingerprint density at radius 1 is 1.42 bits per heavy atom. The Morgan fingerprint density at radius 3 is 2.92 bits per heavy atom. The van der Waals surface area contributed by atoms with Gasteiger partial charge in [-0.2, -0.15) is 0 Å². The molecular weight excluding hydrogens is 218 g/mol. The summed E-state index contributed by atoms with van der Waals surface area (Å²) in [5, 5.41) is 10.3. The lowest BCUT2D eigenvalue weighted by atomic mass is 10.2. The number of phenolic OH excluding ortho intramolecular Hbond substituents is 1. The van der Waals surface area contributed by atoms with E-state index in [-0.39, 0.29) is 0 Å². The molecule has 0 aliphatic carbocycles. The highest BCUT2D eigenvalue weighted by Crippen LogP contribution is 2.28. The van der Waals surface area contributed by atoms with E-state index in [9.17, 15) is 5.11 Å². The maximum atomic E-state index is 9.23. The van der Waals surface area contributed by atoms with E-state index in [1.54, 1.807) is 12.1 Å². The number of halogens is 1. The lowest BCUT2D eigenvalue weighted by Crippen LogP contribution is -1.81. The molecule has 0 fully saturated rings. The highest BCUT2D eigenvalue weighted by Gasteiger charge is 2.03. The summed E-state index contributed by atoms with van der Waals surface area (Å²) in [4.78, 5) is 0. The van der Waals surface area contributed by atoms with E-state index in [0.29, 0.717) is 5.75 Å². The number of fused-ring (bicyclic) bond motifs is 1. The predicted octanol–water partition coefficient (Wildman–Crippen LogP) is 2.65. The van der Waals surface area contributed by atoms with E-state index in [1.807, 2.05) is 23.9 Å². The number of aromatic hydroxyl groups is 1. The minimum Gasteiger partial charge on any atom is -0.508 e. The van der Waals surface area contributed by atoms with Crippen molar-refractivity contribution in [2.24, 2.45) is 7.05 Å². The molecular formula is C9H8BrNO. The lowest BCUT2D eigenvalue weighted by Gasteiger charge is -1.95. The monoisotopic (exact) mass is 225 g/mol. The van der Waals surface area contributed by atoms with Crippen molar-refractivity contribution >= 4 is 26.8 Å². The van der Waals surface area contributed by atoms with E-state index in [0.717, 1.165) is 15.4 Å². The summed E-state index contributed by atoms with van der Waals surface area (Å²) >= 11 is 3.42. The lowest BCUT2D eigenvalue weighted by molar-refractivity contribution is 0.476. The highest BCUT2D eigenvalue weighted by atomic mass is 79.9. The van der Waals surface area contributed by atoms with Crippen LogP contribution in [0, 0.1) is 0 Å². The van der Waals surface area contributed by atoms with Crippen molar-refractivity contribution in [1.82, 2.24) is 4.57 Å². The molecule has 2 rings (SSSR count). The average Bonchev–Trinajstić information content (AvgIpc) is 2.28. The van der Waals surface area contributed by atoms with Crippen LogP contribution in [0.15, 0.2) is 28.9 Å².